The molecule has 1 aromatic heterocycles. The number of hydrogen-bond donors (Lipinski definition) is 2. The van der Waals surface area contributed by atoms with Crippen molar-refractivity contribution in [2.45, 2.75) is 20.4 Å². The zero-order valence-corrected chi connectivity index (χ0v) is 9.17. The van der Waals surface area contributed by atoms with Crippen LogP contribution in [0.1, 0.15) is 19.4 Å². The average Bonchev–Trinajstić information content (AvgIpc) is 2.17. The van der Waals surface area contributed by atoms with E-state index in [0.717, 1.165) is 13.1 Å². The Hall–Kier alpha value is -1.09. The number of nitrogens with one attached hydrogen (secondary N) is 2. The smallest absolute Gasteiger partial charge is 0.0416 e. The summed E-state index contributed by atoms with van der Waals surface area (Å²) in [7, 11) is 1.94. The first-order valence-corrected chi connectivity index (χ1v) is 5.05. The first-order chi connectivity index (χ1) is 6.74. The van der Waals surface area contributed by atoms with Crippen LogP contribution < -0.4 is 10.6 Å². The molecule has 0 radical (unpaired) electrons. The van der Waals surface area contributed by atoms with E-state index >= 15 is 0 Å². The number of anilines is 1. The topological polar surface area (TPSA) is 37.0 Å². The van der Waals surface area contributed by atoms with Crippen molar-refractivity contribution in [1.29, 1.82) is 0 Å². The minimum Gasteiger partial charge on any atom is -0.384 e. The summed E-state index contributed by atoms with van der Waals surface area (Å²) in [5.41, 5.74) is 2.40. The quantitative estimate of drug-likeness (QED) is 0.749. The molecule has 0 atom stereocenters. The lowest BCUT2D eigenvalue weighted by Gasteiger charge is -2.12. The first-order valence-electron chi connectivity index (χ1n) is 5.05. The summed E-state index contributed by atoms with van der Waals surface area (Å²) >= 11 is 0. The van der Waals surface area contributed by atoms with Gasteiger partial charge in [0.25, 0.3) is 0 Å². The van der Waals surface area contributed by atoms with Gasteiger partial charge in [0.05, 0.1) is 0 Å². The summed E-state index contributed by atoms with van der Waals surface area (Å²) in [5.74, 6) is 0.658. The summed E-state index contributed by atoms with van der Waals surface area (Å²) in [6, 6.07) is 2.02. The molecule has 0 amide bonds. The standard InChI is InChI=1S/C11H19N3/c1-9(2)6-14-11-4-5-13-8-10(11)7-12-3/h4-5,8-9,12H,6-7H2,1-3H3,(H,13,14). The molecule has 0 saturated heterocycles. The predicted molar refractivity (Wildman–Crippen MR) is 60.3 cm³/mol. The second kappa shape index (κ2) is 5.60. The van der Waals surface area contributed by atoms with Crippen molar-refractivity contribution in [3.05, 3.63) is 24.0 Å². The maximum Gasteiger partial charge on any atom is 0.0416 e. The molecule has 0 aromatic carbocycles. The van der Waals surface area contributed by atoms with Gasteiger partial charge in [0.1, 0.15) is 0 Å². The van der Waals surface area contributed by atoms with Crippen LogP contribution in [0, 0.1) is 5.92 Å². The minimum absolute atomic E-state index is 0.658. The van der Waals surface area contributed by atoms with E-state index in [0.29, 0.717) is 5.92 Å². The van der Waals surface area contributed by atoms with Gasteiger partial charge in [-0.15, -0.1) is 0 Å². The largest absolute Gasteiger partial charge is 0.384 e. The van der Waals surface area contributed by atoms with Crippen LogP contribution in [0.5, 0.6) is 0 Å². The van der Waals surface area contributed by atoms with Gasteiger partial charge >= 0.3 is 0 Å². The second-order valence-corrected chi connectivity index (χ2v) is 3.84. The maximum atomic E-state index is 4.11. The molecular weight excluding hydrogens is 174 g/mol. The fourth-order valence-electron chi connectivity index (χ4n) is 1.25. The lowest BCUT2D eigenvalue weighted by atomic mass is 10.2. The minimum atomic E-state index is 0.658. The highest BCUT2D eigenvalue weighted by Crippen LogP contribution is 2.13. The molecule has 14 heavy (non-hydrogen) atoms. The normalized spacial score (nSPS) is 10.6. The molecule has 78 valence electrons. The predicted octanol–water partition coefficient (Wildman–Crippen LogP) is 1.87. The molecule has 3 nitrogen and oxygen atoms in total. The number of pyridine rings is 1. The summed E-state index contributed by atoms with van der Waals surface area (Å²) in [6.45, 7) is 6.26. The van der Waals surface area contributed by atoms with Crippen LogP contribution in [0.25, 0.3) is 0 Å². The van der Waals surface area contributed by atoms with Crippen molar-refractivity contribution < 1.29 is 0 Å². The van der Waals surface area contributed by atoms with E-state index in [4.69, 9.17) is 0 Å². The summed E-state index contributed by atoms with van der Waals surface area (Å²) in [4.78, 5) is 4.11. The van der Waals surface area contributed by atoms with Crippen LogP contribution in [0.3, 0.4) is 0 Å². The van der Waals surface area contributed by atoms with Crippen LogP contribution in [0.15, 0.2) is 18.5 Å². The van der Waals surface area contributed by atoms with Gasteiger partial charge in [-0.1, -0.05) is 13.8 Å². The molecule has 0 aliphatic carbocycles. The van der Waals surface area contributed by atoms with E-state index in [1.165, 1.54) is 11.3 Å². The molecule has 3 heteroatoms. The summed E-state index contributed by atoms with van der Waals surface area (Å²) in [5, 5.41) is 6.55. The van der Waals surface area contributed by atoms with Gasteiger partial charge in [-0.05, 0) is 19.0 Å². The molecule has 0 fully saturated rings. The summed E-state index contributed by atoms with van der Waals surface area (Å²) < 4.78 is 0. The highest BCUT2D eigenvalue weighted by Gasteiger charge is 2.01. The van der Waals surface area contributed by atoms with Crippen molar-refractivity contribution in [3.8, 4) is 0 Å². The second-order valence-electron chi connectivity index (χ2n) is 3.84. The Kier molecular flexibility index (Phi) is 4.40. The highest BCUT2D eigenvalue weighted by atomic mass is 14.9. The lowest BCUT2D eigenvalue weighted by molar-refractivity contribution is 0.687. The molecule has 0 spiro atoms. The Morgan fingerprint density at radius 2 is 2.21 bits per heavy atom. The molecular formula is C11H19N3. The van der Waals surface area contributed by atoms with Crippen LogP contribution >= 0.6 is 0 Å². The van der Waals surface area contributed by atoms with Crippen molar-refractivity contribution >= 4 is 5.69 Å². The van der Waals surface area contributed by atoms with Gasteiger partial charge in [-0.2, -0.15) is 0 Å². The van der Waals surface area contributed by atoms with E-state index in [1.807, 2.05) is 25.5 Å². The van der Waals surface area contributed by atoms with Crippen molar-refractivity contribution in [1.82, 2.24) is 10.3 Å². The van der Waals surface area contributed by atoms with Gasteiger partial charge in [-0.25, -0.2) is 0 Å². The van der Waals surface area contributed by atoms with E-state index in [2.05, 4.69) is 29.5 Å². The van der Waals surface area contributed by atoms with Crippen LogP contribution in [0.2, 0.25) is 0 Å². The monoisotopic (exact) mass is 193 g/mol. The third kappa shape index (κ3) is 3.34. The van der Waals surface area contributed by atoms with E-state index in [-0.39, 0.29) is 0 Å². The Morgan fingerprint density at radius 1 is 1.43 bits per heavy atom. The molecule has 0 aliphatic heterocycles. The van der Waals surface area contributed by atoms with Gasteiger partial charge in [-0.3, -0.25) is 4.98 Å². The fraction of sp³-hybridized carbons (Fsp3) is 0.545. The molecule has 0 aliphatic rings. The Labute approximate surface area is 85.9 Å². The van der Waals surface area contributed by atoms with Crippen LogP contribution in [-0.2, 0) is 6.54 Å². The Balaban J connectivity index is 2.64. The number of nitrogens with zero attached hydrogens (tertiary/aromatic N) is 1. The molecule has 0 saturated carbocycles. The Morgan fingerprint density at radius 3 is 2.86 bits per heavy atom. The molecule has 1 rings (SSSR count). The molecule has 2 N–H and O–H groups in total. The van der Waals surface area contributed by atoms with E-state index < -0.39 is 0 Å². The zero-order valence-electron chi connectivity index (χ0n) is 9.17. The van der Waals surface area contributed by atoms with Gasteiger partial charge in [0.2, 0.25) is 0 Å². The molecule has 0 bridgehead atoms. The van der Waals surface area contributed by atoms with Crippen LogP contribution in [-0.4, -0.2) is 18.6 Å². The molecule has 1 heterocycles. The highest BCUT2D eigenvalue weighted by molar-refractivity contribution is 5.49. The average molecular weight is 193 g/mol. The molecule has 0 unspecified atom stereocenters. The van der Waals surface area contributed by atoms with E-state index in [9.17, 15) is 0 Å². The van der Waals surface area contributed by atoms with Gasteiger partial charge in [0, 0.05) is 36.7 Å². The third-order valence-corrected chi connectivity index (χ3v) is 1.97. The van der Waals surface area contributed by atoms with E-state index in [1.54, 1.807) is 0 Å². The third-order valence-electron chi connectivity index (χ3n) is 1.97. The molecule has 1 aromatic rings. The first kappa shape index (κ1) is 11.0. The number of rotatable bonds is 5. The maximum absolute atomic E-state index is 4.11. The lowest BCUT2D eigenvalue weighted by Crippen LogP contribution is -2.12. The van der Waals surface area contributed by atoms with Gasteiger partial charge < -0.3 is 10.6 Å². The van der Waals surface area contributed by atoms with Crippen LogP contribution in [0.4, 0.5) is 5.69 Å². The Bertz CT molecular complexity index is 271. The number of aromatic nitrogens is 1. The van der Waals surface area contributed by atoms with Gasteiger partial charge in [0.15, 0.2) is 0 Å². The summed E-state index contributed by atoms with van der Waals surface area (Å²) in [6.07, 6.45) is 3.72. The zero-order chi connectivity index (χ0) is 10.4. The van der Waals surface area contributed by atoms with Crippen molar-refractivity contribution in [2.75, 3.05) is 18.9 Å². The fourth-order valence-corrected chi connectivity index (χ4v) is 1.25. The van der Waals surface area contributed by atoms with Crippen molar-refractivity contribution in [3.63, 3.8) is 0 Å². The number of hydrogen-bond acceptors (Lipinski definition) is 3. The SMILES string of the molecule is CNCc1cnccc1NCC(C)C. The van der Waals surface area contributed by atoms with Crippen molar-refractivity contribution in [2.24, 2.45) is 5.92 Å².